The van der Waals surface area contributed by atoms with Crippen molar-refractivity contribution in [2.45, 2.75) is 13.8 Å². The van der Waals surface area contributed by atoms with Gasteiger partial charge < -0.3 is 29.7 Å². The highest BCUT2D eigenvalue weighted by Crippen LogP contribution is 2.39. The molecule has 2 aromatic carbocycles. The van der Waals surface area contributed by atoms with Gasteiger partial charge in [0.1, 0.15) is 5.75 Å². The maximum absolute atomic E-state index is 13.6. The van der Waals surface area contributed by atoms with Crippen LogP contribution in [-0.4, -0.2) is 88.4 Å². The summed E-state index contributed by atoms with van der Waals surface area (Å²) in [5, 5.41) is 7.29. The van der Waals surface area contributed by atoms with E-state index in [0.717, 1.165) is 57.9 Å². The lowest BCUT2D eigenvalue weighted by molar-refractivity contribution is -0.118. The molecule has 2 aromatic heterocycles. The maximum atomic E-state index is 13.6. The molecule has 0 atom stereocenters. The molecule has 0 aliphatic carbocycles. The van der Waals surface area contributed by atoms with Crippen molar-refractivity contribution in [1.29, 1.82) is 0 Å². The van der Waals surface area contributed by atoms with Gasteiger partial charge >= 0.3 is 0 Å². The van der Waals surface area contributed by atoms with E-state index in [9.17, 15) is 14.4 Å². The standard InChI is InChI=1S/C33H41N7O4S2/c1-21(41)45-19-23(20-46-22(2)42)32(43)35-27-16-28(31(44-7)17-30(27)39(5)15-14-38(3)4)37-33-34-13-12-26(36-33)25-18-40(6)29-11-9-8-10-24(25)29/h8-13,16-18,23H,14-15,19-20H2,1-7H3,(H,35,43)(H,34,36,37). The van der Waals surface area contributed by atoms with Gasteiger partial charge in [-0.15, -0.1) is 0 Å². The molecule has 4 aromatic rings. The van der Waals surface area contributed by atoms with E-state index >= 15 is 0 Å². The first-order valence-electron chi connectivity index (χ1n) is 14.8. The molecule has 2 N–H and O–H groups in total. The molecule has 13 heteroatoms. The third kappa shape index (κ3) is 9.02. The van der Waals surface area contributed by atoms with Crippen LogP contribution in [0.3, 0.4) is 0 Å². The second kappa shape index (κ2) is 16.0. The second-order valence-corrected chi connectivity index (χ2v) is 13.5. The molecular weight excluding hydrogens is 623 g/mol. The van der Waals surface area contributed by atoms with E-state index in [2.05, 4.69) is 43.4 Å². The minimum Gasteiger partial charge on any atom is -0.494 e. The number of nitrogens with zero attached hydrogens (tertiary/aromatic N) is 5. The number of para-hydroxylation sites is 1. The number of ether oxygens (including phenoxy) is 1. The molecule has 0 aliphatic heterocycles. The van der Waals surface area contributed by atoms with Crippen molar-refractivity contribution in [3.8, 4) is 17.0 Å². The first-order valence-corrected chi connectivity index (χ1v) is 16.7. The van der Waals surface area contributed by atoms with Crippen LogP contribution >= 0.6 is 23.5 Å². The molecule has 46 heavy (non-hydrogen) atoms. The van der Waals surface area contributed by atoms with Gasteiger partial charge in [0.05, 0.1) is 35.8 Å². The predicted octanol–water partition coefficient (Wildman–Crippen LogP) is 5.50. The highest BCUT2D eigenvalue weighted by molar-refractivity contribution is 8.14. The number of methoxy groups -OCH3 is 1. The van der Waals surface area contributed by atoms with Gasteiger partial charge in [0.15, 0.2) is 10.2 Å². The van der Waals surface area contributed by atoms with Crippen molar-refractivity contribution in [2.24, 2.45) is 13.0 Å². The van der Waals surface area contributed by atoms with Crippen molar-refractivity contribution in [3.63, 3.8) is 0 Å². The molecule has 0 saturated carbocycles. The zero-order valence-corrected chi connectivity index (χ0v) is 28.9. The van der Waals surface area contributed by atoms with E-state index in [4.69, 9.17) is 9.72 Å². The number of aryl methyl sites for hydroxylation is 1. The van der Waals surface area contributed by atoms with Crippen LogP contribution in [0.15, 0.2) is 54.9 Å². The van der Waals surface area contributed by atoms with Gasteiger partial charge in [0.25, 0.3) is 0 Å². The van der Waals surface area contributed by atoms with E-state index in [1.807, 2.05) is 57.4 Å². The van der Waals surface area contributed by atoms with E-state index in [0.29, 0.717) is 29.6 Å². The molecule has 0 spiro atoms. The molecular formula is C33H41N7O4S2. The predicted molar refractivity (Wildman–Crippen MR) is 190 cm³/mol. The molecule has 244 valence electrons. The number of likely N-dealkylation sites (N-methyl/N-ethyl adjacent to an activating group) is 2. The molecule has 11 nitrogen and oxygen atoms in total. The second-order valence-electron chi connectivity index (χ2n) is 11.1. The first kappa shape index (κ1) is 34.8. The summed E-state index contributed by atoms with van der Waals surface area (Å²) in [4.78, 5) is 50.5. The van der Waals surface area contributed by atoms with Crippen LogP contribution in [0.4, 0.5) is 23.0 Å². The van der Waals surface area contributed by atoms with Crippen molar-refractivity contribution in [3.05, 3.63) is 54.9 Å². The zero-order valence-electron chi connectivity index (χ0n) is 27.3. The average molecular weight is 664 g/mol. The van der Waals surface area contributed by atoms with E-state index in [1.165, 1.54) is 13.8 Å². The van der Waals surface area contributed by atoms with Crippen LogP contribution in [0.1, 0.15) is 13.8 Å². The number of amides is 1. The van der Waals surface area contributed by atoms with Gasteiger partial charge in [-0.3, -0.25) is 14.4 Å². The summed E-state index contributed by atoms with van der Waals surface area (Å²) < 4.78 is 7.86. The Balaban J connectivity index is 1.70. The number of carbonyl (C=O) groups excluding carboxylic acids is 3. The Hall–Kier alpha value is -4.07. The fraction of sp³-hybridized carbons (Fsp3) is 0.364. The van der Waals surface area contributed by atoms with Crippen LogP contribution in [0.2, 0.25) is 0 Å². The number of hydrogen-bond acceptors (Lipinski definition) is 11. The summed E-state index contributed by atoms with van der Waals surface area (Å²) in [5.41, 5.74) is 4.70. The molecule has 1 amide bonds. The van der Waals surface area contributed by atoms with Crippen molar-refractivity contribution in [2.75, 3.05) is 68.4 Å². The average Bonchev–Trinajstić information content (AvgIpc) is 3.36. The monoisotopic (exact) mass is 663 g/mol. The number of benzene rings is 2. The zero-order chi connectivity index (χ0) is 33.4. The van der Waals surface area contributed by atoms with Crippen LogP contribution in [0.5, 0.6) is 5.75 Å². The quantitative estimate of drug-likeness (QED) is 0.178. The molecule has 0 unspecified atom stereocenters. The molecule has 0 aliphatic rings. The Labute approximate surface area is 278 Å². The Morgan fingerprint density at radius 2 is 1.67 bits per heavy atom. The summed E-state index contributed by atoms with van der Waals surface area (Å²) in [6, 6.07) is 13.7. The van der Waals surface area contributed by atoms with E-state index in [1.54, 1.807) is 19.4 Å². The van der Waals surface area contributed by atoms with Crippen LogP contribution in [-0.2, 0) is 21.4 Å². The summed E-state index contributed by atoms with van der Waals surface area (Å²) in [6.07, 6.45) is 3.75. The maximum Gasteiger partial charge on any atom is 0.229 e. The Kier molecular flexibility index (Phi) is 12.1. The summed E-state index contributed by atoms with van der Waals surface area (Å²) in [6.45, 7) is 4.41. The first-order chi connectivity index (χ1) is 22.0. The van der Waals surface area contributed by atoms with E-state index in [-0.39, 0.29) is 27.6 Å². The lowest BCUT2D eigenvalue weighted by Crippen LogP contribution is -2.31. The van der Waals surface area contributed by atoms with Gasteiger partial charge in [0.2, 0.25) is 11.9 Å². The smallest absolute Gasteiger partial charge is 0.229 e. The number of nitrogens with one attached hydrogen (secondary N) is 2. The topological polar surface area (TPSA) is 122 Å². The minimum atomic E-state index is -0.568. The van der Waals surface area contributed by atoms with Crippen molar-refractivity contribution >= 4 is 73.6 Å². The number of thioether (sulfide) groups is 2. The Bertz CT molecular complexity index is 1690. The van der Waals surface area contributed by atoms with Gasteiger partial charge in [-0.2, -0.15) is 0 Å². The van der Waals surface area contributed by atoms with Crippen LogP contribution < -0.4 is 20.3 Å². The van der Waals surface area contributed by atoms with Gasteiger partial charge in [0, 0.05) is 87.5 Å². The number of hydrogen-bond donors (Lipinski definition) is 2. The fourth-order valence-corrected chi connectivity index (χ4v) is 6.39. The normalized spacial score (nSPS) is 11.2. The molecule has 0 saturated heterocycles. The molecule has 0 fully saturated rings. The highest BCUT2D eigenvalue weighted by Gasteiger charge is 2.24. The van der Waals surface area contributed by atoms with Crippen LogP contribution in [0, 0.1) is 5.92 Å². The van der Waals surface area contributed by atoms with Crippen molar-refractivity contribution < 1.29 is 19.1 Å². The number of fused-ring (bicyclic) bond motifs is 1. The van der Waals surface area contributed by atoms with Crippen LogP contribution in [0.25, 0.3) is 22.2 Å². The number of carbonyl (C=O) groups is 3. The molecule has 0 radical (unpaired) electrons. The van der Waals surface area contributed by atoms with Gasteiger partial charge in [-0.25, -0.2) is 9.97 Å². The minimum absolute atomic E-state index is 0.0867. The fourth-order valence-electron chi connectivity index (χ4n) is 4.83. The molecule has 4 rings (SSSR count). The SMILES string of the molecule is COc1cc(N(C)CCN(C)C)c(NC(=O)C(CSC(C)=O)CSC(C)=O)cc1Nc1nccc(-c2cn(C)c3ccccc23)n1. The largest absolute Gasteiger partial charge is 0.494 e. The Morgan fingerprint density at radius 3 is 2.33 bits per heavy atom. The number of rotatable bonds is 14. The van der Waals surface area contributed by atoms with Gasteiger partial charge in [-0.1, -0.05) is 41.7 Å². The van der Waals surface area contributed by atoms with E-state index < -0.39 is 5.92 Å². The lowest BCUT2D eigenvalue weighted by Gasteiger charge is -2.26. The van der Waals surface area contributed by atoms with Crippen molar-refractivity contribution in [1.82, 2.24) is 19.4 Å². The summed E-state index contributed by atoms with van der Waals surface area (Å²) in [7, 11) is 9.54. The number of anilines is 4. The number of aromatic nitrogens is 3. The lowest BCUT2D eigenvalue weighted by atomic mass is 10.1. The Morgan fingerprint density at radius 1 is 0.978 bits per heavy atom. The summed E-state index contributed by atoms with van der Waals surface area (Å²) >= 11 is 2.15. The third-order valence-electron chi connectivity index (χ3n) is 7.29. The molecule has 2 heterocycles. The highest BCUT2D eigenvalue weighted by atomic mass is 32.2. The van der Waals surface area contributed by atoms with Gasteiger partial charge in [-0.05, 0) is 32.3 Å². The molecule has 0 bridgehead atoms. The summed E-state index contributed by atoms with van der Waals surface area (Å²) in [5.74, 6) is 0.590. The third-order valence-corrected chi connectivity index (χ3v) is 9.24.